The number of hydrogen-bond donors (Lipinski definition) is 1. The van der Waals surface area contributed by atoms with E-state index in [9.17, 15) is 13.2 Å². The zero-order chi connectivity index (χ0) is 21.8. The summed E-state index contributed by atoms with van der Waals surface area (Å²) in [4.78, 5) is 11.6. The zero-order valence-electron chi connectivity index (χ0n) is 17.1. The number of nitrogens with one attached hydrogen (secondary N) is 1. The fourth-order valence-electron chi connectivity index (χ4n) is 3.65. The minimum absolute atomic E-state index is 0.0862. The van der Waals surface area contributed by atoms with Crippen LogP contribution in [0.15, 0.2) is 72.8 Å². The molecule has 3 aromatic carbocycles. The predicted molar refractivity (Wildman–Crippen MR) is 118 cm³/mol. The lowest BCUT2D eigenvalue weighted by Gasteiger charge is -2.22. The number of hydrogen-bond acceptors (Lipinski definition) is 5. The molecule has 3 aromatic rings. The second kappa shape index (κ2) is 8.81. The SMILES string of the molecule is COc1ccc(-c2cccc(COc3ccc(C4CC(=O)NS(=O)(=O)C4)cc3)c2)cc1. The average molecular weight is 438 g/mol. The standard InChI is InChI=1S/C24H23NO5S/c1-29-22-9-5-18(6-10-22)20-4-2-3-17(13-20)15-30-23-11-7-19(8-12-23)21-14-24(26)25-31(27,28)16-21/h2-13,21H,14-16H2,1H3,(H,25,26). The van der Waals surface area contributed by atoms with Gasteiger partial charge in [-0.15, -0.1) is 0 Å². The lowest BCUT2D eigenvalue weighted by Crippen LogP contribution is -2.40. The van der Waals surface area contributed by atoms with Crippen LogP contribution < -0.4 is 14.2 Å². The Bertz CT molecular complexity index is 1170. The largest absolute Gasteiger partial charge is 0.497 e. The maximum atomic E-state index is 11.8. The molecule has 1 atom stereocenters. The molecule has 1 unspecified atom stereocenters. The Balaban J connectivity index is 1.41. The van der Waals surface area contributed by atoms with E-state index in [1.807, 2.05) is 65.4 Å². The van der Waals surface area contributed by atoms with Gasteiger partial charge in [0, 0.05) is 12.3 Å². The van der Waals surface area contributed by atoms with Crippen molar-refractivity contribution in [1.82, 2.24) is 4.72 Å². The van der Waals surface area contributed by atoms with E-state index in [4.69, 9.17) is 9.47 Å². The van der Waals surface area contributed by atoms with Crippen molar-refractivity contribution in [2.75, 3.05) is 12.9 Å². The van der Waals surface area contributed by atoms with Crippen LogP contribution in [0.4, 0.5) is 0 Å². The molecule has 0 aliphatic carbocycles. The van der Waals surface area contributed by atoms with Crippen molar-refractivity contribution in [3.8, 4) is 22.6 Å². The molecule has 1 aliphatic heterocycles. The first kappa shape index (κ1) is 20.9. The number of ether oxygens (including phenoxy) is 2. The molecule has 0 spiro atoms. The van der Waals surface area contributed by atoms with Crippen molar-refractivity contribution < 1.29 is 22.7 Å². The summed E-state index contributed by atoms with van der Waals surface area (Å²) in [5.74, 6) is 0.610. The summed E-state index contributed by atoms with van der Waals surface area (Å²) in [6.07, 6.45) is 0.164. The summed E-state index contributed by atoms with van der Waals surface area (Å²) in [6, 6.07) is 23.3. The van der Waals surface area contributed by atoms with E-state index in [1.54, 1.807) is 7.11 Å². The molecule has 1 N–H and O–H groups in total. The second-order valence-corrected chi connectivity index (χ2v) is 9.26. The van der Waals surface area contributed by atoms with Crippen molar-refractivity contribution in [2.24, 2.45) is 0 Å². The Hall–Kier alpha value is -3.32. The number of sulfonamides is 1. The first-order valence-corrected chi connectivity index (χ1v) is 11.6. The van der Waals surface area contributed by atoms with Crippen LogP contribution in [-0.2, 0) is 21.4 Å². The quantitative estimate of drug-likeness (QED) is 0.633. The average Bonchev–Trinajstić information content (AvgIpc) is 2.77. The maximum absolute atomic E-state index is 11.8. The molecule has 0 bridgehead atoms. The molecule has 1 aliphatic rings. The topological polar surface area (TPSA) is 81.7 Å². The number of carbonyl (C=O) groups is 1. The predicted octanol–water partition coefficient (Wildman–Crippen LogP) is 3.87. The van der Waals surface area contributed by atoms with Gasteiger partial charge in [-0.3, -0.25) is 9.52 Å². The number of rotatable bonds is 6. The van der Waals surface area contributed by atoms with Crippen LogP contribution in [0.5, 0.6) is 11.5 Å². The fourth-order valence-corrected chi connectivity index (χ4v) is 5.00. The van der Waals surface area contributed by atoms with Crippen LogP contribution in [0, 0.1) is 0 Å². The highest BCUT2D eigenvalue weighted by molar-refractivity contribution is 7.90. The van der Waals surface area contributed by atoms with E-state index in [-0.39, 0.29) is 18.1 Å². The lowest BCUT2D eigenvalue weighted by molar-refractivity contribution is -0.119. The molecule has 1 saturated heterocycles. The molecule has 7 heteroatoms. The number of methoxy groups -OCH3 is 1. The van der Waals surface area contributed by atoms with Gasteiger partial charge in [0.1, 0.15) is 18.1 Å². The highest BCUT2D eigenvalue weighted by Gasteiger charge is 2.30. The van der Waals surface area contributed by atoms with Gasteiger partial charge in [0.2, 0.25) is 15.9 Å². The van der Waals surface area contributed by atoms with Crippen LogP contribution in [0.1, 0.15) is 23.5 Å². The van der Waals surface area contributed by atoms with E-state index < -0.39 is 15.9 Å². The van der Waals surface area contributed by atoms with Crippen molar-refractivity contribution in [2.45, 2.75) is 18.9 Å². The number of carbonyl (C=O) groups excluding carboxylic acids is 1. The second-order valence-electron chi connectivity index (χ2n) is 7.49. The van der Waals surface area contributed by atoms with Crippen molar-refractivity contribution in [3.05, 3.63) is 83.9 Å². The van der Waals surface area contributed by atoms with Gasteiger partial charge >= 0.3 is 0 Å². The van der Waals surface area contributed by atoms with Gasteiger partial charge in [0.25, 0.3) is 0 Å². The summed E-state index contributed by atoms with van der Waals surface area (Å²) in [5, 5.41) is 0. The first-order chi connectivity index (χ1) is 14.9. The molecule has 1 amide bonds. The molecular formula is C24H23NO5S. The number of amides is 1. The maximum Gasteiger partial charge on any atom is 0.235 e. The van der Waals surface area contributed by atoms with Gasteiger partial charge in [-0.25, -0.2) is 8.42 Å². The van der Waals surface area contributed by atoms with Crippen molar-refractivity contribution >= 4 is 15.9 Å². The zero-order valence-corrected chi connectivity index (χ0v) is 17.9. The Kier molecular flexibility index (Phi) is 5.95. The molecule has 6 nitrogen and oxygen atoms in total. The summed E-state index contributed by atoms with van der Waals surface area (Å²) in [5.41, 5.74) is 4.04. The van der Waals surface area contributed by atoms with Gasteiger partial charge in [-0.2, -0.15) is 0 Å². The third-order valence-corrected chi connectivity index (χ3v) is 6.61. The molecule has 0 saturated carbocycles. The van der Waals surface area contributed by atoms with E-state index in [0.29, 0.717) is 12.4 Å². The molecule has 0 radical (unpaired) electrons. The third kappa shape index (κ3) is 5.24. The van der Waals surface area contributed by atoms with Crippen molar-refractivity contribution in [1.29, 1.82) is 0 Å². The Morgan fingerprint density at radius 2 is 1.65 bits per heavy atom. The summed E-state index contributed by atoms with van der Waals surface area (Å²) < 4.78 is 36.7. The molecular weight excluding hydrogens is 414 g/mol. The normalized spacial score (nSPS) is 17.6. The van der Waals surface area contributed by atoms with Crippen LogP contribution in [0.25, 0.3) is 11.1 Å². The Morgan fingerprint density at radius 3 is 2.32 bits per heavy atom. The smallest absolute Gasteiger partial charge is 0.235 e. The summed E-state index contributed by atoms with van der Waals surface area (Å²) >= 11 is 0. The summed E-state index contributed by atoms with van der Waals surface area (Å²) in [6.45, 7) is 0.406. The first-order valence-electron chi connectivity index (χ1n) is 9.91. The van der Waals surface area contributed by atoms with E-state index >= 15 is 0 Å². The van der Waals surface area contributed by atoms with Gasteiger partial charge in [0.15, 0.2) is 0 Å². The van der Waals surface area contributed by atoms with Gasteiger partial charge < -0.3 is 9.47 Å². The highest BCUT2D eigenvalue weighted by Crippen LogP contribution is 2.27. The minimum Gasteiger partial charge on any atom is -0.497 e. The Labute approximate surface area is 181 Å². The Morgan fingerprint density at radius 1 is 0.935 bits per heavy atom. The van der Waals surface area contributed by atoms with Gasteiger partial charge in [0.05, 0.1) is 12.9 Å². The van der Waals surface area contributed by atoms with Gasteiger partial charge in [-0.05, 0) is 52.6 Å². The van der Waals surface area contributed by atoms with E-state index in [1.165, 1.54) is 0 Å². The molecule has 31 heavy (non-hydrogen) atoms. The van der Waals surface area contributed by atoms with Crippen molar-refractivity contribution in [3.63, 3.8) is 0 Å². The highest BCUT2D eigenvalue weighted by atomic mass is 32.2. The van der Waals surface area contributed by atoms with Crippen LogP contribution >= 0.6 is 0 Å². The van der Waals surface area contributed by atoms with E-state index in [0.717, 1.165) is 28.0 Å². The minimum atomic E-state index is -3.55. The monoisotopic (exact) mass is 437 g/mol. The van der Waals surface area contributed by atoms with Crippen LogP contribution in [-0.4, -0.2) is 27.2 Å². The lowest BCUT2D eigenvalue weighted by atomic mass is 9.97. The van der Waals surface area contributed by atoms with Crippen LogP contribution in [0.3, 0.4) is 0 Å². The van der Waals surface area contributed by atoms with E-state index in [2.05, 4.69) is 12.1 Å². The molecule has 0 aromatic heterocycles. The fraction of sp³-hybridized carbons (Fsp3) is 0.208. The van der Waals surface area contributed by atoms with Gasteiger partial charge in [-0.1, -0.05) is 42.5 Å². The van der Waals surface area contributed by atoms with Crippen LogP contribution in [0.2, 0.25) is 0 Å². The summed E-state index contributed by atoms with van der Waals surface area (Å²) in [7, 11) is -1.91. The number of benzene rings is 3. The molecule has 160 valence electrons. The molecule has 4 rings (SSSR count). The molecule has 1 heterocycles. The third-order valence-electron chi connectivity index (χ3n) is 5.23. The molecule has 1 fully saturated rings.